The molecule has 1 saturated carbocycles. The lowest BCUT2D eigenvalue weighted by molar-refractivity contribution is -0.0742. The van der Waals surface area contributed by atoms with Crippen LogP contribution in [0, 0.1) is 0 Å². The third kappa shape index (κ3) is 2.78. The normalized spacial score (nSPS) is 27.9. The molecule has 1 saturated heterocycles. The maximum atomic E-state index is 12.0. The number of amides is 1. The minimum Gasteiger partial charge on any atom is -0.450 e. The van der Waals surface area contributed by atoms with Crippen LogP contribution < -0.4 is 5.32 Å². The fraction of sp³-hybridized carbons (Fsp3) is 0.923. The summed E-state index contributed by atoms with van der Waals surface area (Å²) in [6.07, 6.45) is 4.56. The fourth-order valence-corrected chi connectivity index (χ4v) is 3.11. The number of carbonyl (C=O) groups excluding carboxylic acids is 1. The van der Waals surface area contributed by atoms with Crippen LogP contribution >= 0.6 is 0 Å². The zero-order valence-electron chi connectivity index (χ0n) is 11.2. The van der Waals surface area contributed by atoms with Gasteiger partial charge < -0.3 is 15.2 Å². The Morgan fingerprint density at radius 3 is 2.83 bits per heavy atom. The van der Waals surface area contributed by atoms with E-state index in [-0.39, 0.29) is 12.1 Å². The third-order valence-electron chi connectivity index (χ3n) is 4.09. The zero-order valence-corrected chi connectivity index (χ0v) is 11.2. The fourth-order valence-electron chi connectivity index (χ4n) is 3.11. The van der Waals surface area contributed by atoms with Crippen molar-refractivity contribution in [1.82, 2.24) is 10.2 Å². The molecule has 0 spiro atoms. The molecule has 0 aromatic rings. The Morgan fingerprint density at radius 2 is 2.17 bits per heavy atom. The molecule has 1 atom stereocenters. The van der Waals surface area contributed by atoms with Crippen LogP contribution in [0.25, 0.3) is 0 Å². The van der Waals surface area contributed by atoms with E-state index in [0.717, 1.165) is 32.2 Å². The van der Waals surface area contributed by atoms with Crippen LogP contribution in [0.15, 0.2) is 0 Å². The quantitative estimate of drug-likeness (QED) is 0.777. The van der Waals surface area contributed by atoms with Gasteiger partial charge in [-0.05, 0) is 19.8 Å². The van der Waals surface area contributed by atoms with Crippen LogP contribution in [0.2, 0.25) is 0 Å². The van der Waals surface area contributed by atoms with E-state index >= 15 is 0 Å². The molecule has 104 valence electrons. The summed E-state index contributed by atoms with van der Waals surface area (Å²) in [5.41, 5.74) is -0.738. The number of rotatable bonds is 2. The first-order valence-electron chi connectivity index (χ1n) is 7.04. The highest BCUT2D eigenvalue weighted by atomic mass is 16.6. The van der Waals surface area contributed by atoms with Crippen molar-refractivity contribution in [2.24, 2.45) is 0 Å². The van der Waals surface area contributed by atoms with E-state index in [1.807, 2.05) is 6.92 Å². The van der Waals surface area contributed by atoms with E-state index in [9.17, 15) is 9.90 Å². The molecule has 2 aliphatic rings. The molecule has 5 heteroatoms. The van der Waals surface area contributed by atoms with E-state index in [0.29, 0.717) is 19.7 Å². The third-order valence-corrected chi connectivity index (χ3v) is 4.09. The van der Waals surface area contributed by atoms with Gasteiger partial charge >= 0.3 is 6.09 Å². The van der Waals surface area contributed by atoms with Crippen molar-refractivity contribution >= 4 is 6.09 Å². The Kier molecular flexibility index (Phi) is 4.45. The second-order valence-electron chi connectivity index (χ2n) is 5.28. The van der Waals surface area contributed by atoms with Gasteiger partial charge in [-0.3, -0.25) is 4.90 Å². The van der Waals surface area contributed by atoms with Gasteiger partial charge in [0.25, 0.3) is 0 Å². The SMILES string of the molecule is CCOC(=O)N1CCNCC1C1(O)CCCCC1. The second-order valence-corrected chi connectivity index (χ2v) is 5.28. The monoisotopic (exact) mass is 256 g/mol. The Morgan fingerprint density at radius 1 is 1.44 bits per heavy atom. The van der Waals surface area contributed by atoms with E-state index in [1.165, 1.54) is 6.42 Å². The minimum absolute atomic E-state index is 0.148. The summed E-state index contributed by atoms with van der Waals surface area (Å²) in [4.78, 5) is 13.7. The standard InChI is InChI=1S/C13H24N2O3/c1-2-18-12(16)15-9-8-14-10-11(15)13(17)6-4-3-5-7-13/h11,14,17H,2-10H2,1H3. The number of carbonyl (C=O) groups is 1. The van der Waals surface area contributed by atoms with E-state index in [4.69, 9.17) is 4.74 Å². The Labute approximate surface area is 108 Å². The van der Waals surface area contributed by atoms with Gasteiger partial charge in [0.05, 0.1) is 18.2 Å². The van der Waals surface area contributed by atoms with Crippen molar-refractivity contribution in [2.45, 2.75) is 50.7 Å². The van der Waals surface area contributed by atoms with Crippen molar-refractivity contribution in [3.63, 3.8) is 0 Å². The number of hydrogen-bond donors (Lipinski definition) is 2. The largest absolute Gasteiger partial charge is 0.450 e. The van der Waals surface area contributed by atoms with Crippen LogP contribution in [0.3, 0.4) is 0 Å². The molecule has 5 nitrogen and oxygen atoms in total. The lowest BCUT2D eigenvalue weighted by Gasteiger charge is -2.46. The molecule has 0 bridgehead atoms. The summed E-state index contributed by atoms with van der Waals surface area (Å²) >= 11 is 0. The molecular formula is C13H24N2O3. The minimum atomic E-state index is -0.738. The van der Waals surface area contributed by atoms with Crippen molar-refractivity contribution in [1.29, 1.82) is 0 Å². The molecule has 2 fully saturated rings. The first-order valence-corrected chi connectivity index (χ1v) is 7.04. The molecule has 1 unspecified atom stereocenters. The molecule has 1 aliphatic heterocycles. The van der Waals surface area contributed by atoms with Gasteiger partial charge in [0.2, 0.25) is 0 Å². The molecule has 1 heterocycles. The van der Waals surface area contributed by atoms with Gasteiger partial charge in [0.1, 0.15) is 0 Å². The summed E-state index contributed by atoms with van der Waals surface area (Å²) in [6.45, 7) is 4.24. The Hall–Kier alpha value is -0.810. The van der Waals surface area contributed by atoms with Crippen LogP contribution in [-0.2, 0) is 4.74 Å². The van der Waals surface area contributed by atoms with E-state index < -0.39 is 5.60 Å². The maximum Gasteiger partial charge on any atom is 0.410 e. The molecule has 1 aliphatic carbocycles. The summed E-state index contributed by atoms with van der Waals surface area (Å²) in [6, 6.07) is -0.148. The second kappa shape index (κ2) is 5.89. The highest BCUT2D eigenvalue weighted by Gasteiger charge is 2.44. The molecule has 1 amide bonds. The Bertz CT molecular complexity index is 290. The van der Waals surface area contributed by atoms with Crippen molar-refractivity contribution in [3.05, 3.63) is 0 Å². The molecule has 0 radical (unpaired) electrons. The average molecular weight is 256 g/mol. The molecule has 0 aromatic heterocycles. The van der Waals surface area contributed by atoms with E-state index in [1.54, 1.807) is 4.90 Å². The summed E-state index contributed by atoms with van der Waals surface area (Å²) in [5, 5.41) is 14.1. The summed E-state index contributed by atoms with van der Waals surface area (Å²) in [5.74, 6) is 0. The average Bonchev–Trinajstić information content (AvgIpc) is 2.40. The number of nitrogens with zero attached hydrogens (tertiary/aromatic N) is 1. The van der Waals surface area contributed by atoms with Gasteiger partial charge in [-0.15, -0.1) is 0 Å². The molecular weight excluding hydrogens is 232 g/mol. The first kappa shape index (κ1) is 13.6. The van der Waals surface area contributed by atoms with Gasteiger partial charge in [-0.25, -0.2) is 4.79 Å². The number of ether oxygens (including phenoxy) is 1. The molecule has 2 rings (SSSR count). The number of hydrogen-bond acceptors (Lipinski definition) is 4. The predicted molar refractivity (Wildman–Crippen MR) is 68.4 cm³/mol. The summed E-state index contributed by atoms with van der Waals surface area (Å²) < 4.78 is 5.10. The van der Waals surface area contributed by atoms with Gasteiger partial charge in [0, 0.05) is 19.6 Å². The smallest absolute Gasteiger partial charge is 0.410 e. The highest BCUT2D eigenvalue weighted by Crippen LogP contribution is 2.34. The number of nitrogens with one attached hydrogen (secondary N) is 1. The van der Waals surface area contributed by atoms with Crippen LogP contribution in [-0.4, -0.2) is 54.0 Å². The Balaban J connectivity index is 2.09. The number of piperazine rings is 1. The van der Waals surface area contributed by atoms with Crippen molar-refractivity contribution in [3.8, 4) is 0 Å². The molecule has 18 heavy (non-hydrogen) atoms. The maximum absolute atomic E-state index is 12.0. The highest BCUT2D eigenvalue weighted by molar-refractivity contribution is 5.68. The van der Waals surface area contributed by atoms with Gasteiger partial charge in [-0.2, -0.15) is 0 Å². The molecule has 2 N–H and O–H groups in total. The van der Waals surface area contributed by atoms with Crippen LogP contribution in [0.5, 0.6) is 0 Å². The first-order chi connectivity index (χ1) is 8.67. The van der Waals surface area contributed by atoms with Gasteiger partial charge in [0.15, 0.2) is 0 Å². The van der Waals surface area contributed by atoms with Crippen molar-refractivity contribution < 1.29 is 14.6 Å². The lowest BCUT2D eigenvalue weighted by atomic mass is 9.78. The zero-order chi connectivity index (χ0) is 13.0. The van der Waals surface area contributed by atoms with Crippen LogP contribution in [0.4, 0.5) is 4.79 Å². The lowest BCUT2D eigenvalue weighted by Crippen LogP contribution is -2.64. The van der Waals surface area contributed by atoms with E-state index in [2.05, 4.69) is 5.32 Å². The molecule has 0 aromatic carbocycles. The number of aliphatic hydroxyl groups is 1. The van der Waals surface area contributed by atoms with Gasteiger partial charge in [-0.1, -0.05) is 19.3 Å². The van der Waals surface area contributed by atoms with Crippen molar-refractivity contribution in [2.75, 3.05) is 26.2 Å². The summed E-state index contributed by atoms with van der Waals surface area (Å²) in [7, 11) is 0. The predicted octanol–water partition coefficient (Wildman–Crippen LogP) is 1.11. The topological polar surface area (TPSA) is 61.8 Å². The van der Waals surface area contributed by atoms with Crippen LogP contribution in [0.1, 0.15) is 39.0 Å².